The summed E-state index contributed by atoms with van der Waals surface area (Å²) < 4.78 is 0. The van der Waals surface area contributed by atoms with Gasteiger partial charge in [0.1, 0.15) is 6.54 Å². The molecule has 0 unspecified atom stereocenters. The number of hydrogen-bond acceptors (Lipinski definition) is 4. The van der Waals surface area contributed by atoms with Crippen LogP contribution in [0.25, 0.3) is 0 Å². The Bertz CT molecular complexity index is 666. The van der Waals surface area contributed by atoms with E-state index < -0.39 is 0 Å². The number of carbonyl (C=O) groups excluding carboxylic acids is 1. The molecule has 0 fully saturated rings. The molecule has 0 heterocycles. The van der Waals surface area contributed by atoms with Crippen LogP contribution < -0.4 is 5.43 Å². The maximum atomic E-state index is 12.1. The van der Waals surface area contributed by atoms with Crippen molar-refractivity contribution < 1.29 is 4.79 Å². The predicted molar refractivity (Wildman–Crippen MR) is 82.3 cm³/mol. The third kappa shape index (κ3) is 3.82. The van der Waals surface area contributed by atoms with E-state index in [1.54, 1.807) is 12.1 Å². The van der Waals surface area contributed by atoms with E-state index in [-0.39, 0.29) is 12.5 Å². The molecule has 0 aromatic heterocycles. The van der Waals surface area contributed by atoms with Crippen LogP contribution in [0.5, 0.6) is 0 Å². The number of nitroso groups, excluding NO2 is 1. The lowest BCUT2D eigenvalue weighted by atomic mass is 10.1. The van der Waals surface area contributed by atoms with E-state index in [0.29, 0.717) is 11.3 Å². The SMILES string of the molecule is Cc1ccccc1C(=O)NN=C(CN=O)c1ccccc1. The highest BCUT2D eigenvalue weighted by molar-refractivity contribution is 6.03. The van der Waals surface area contributed by atoms with Gasteiger partial charge >= 0.3 is 0 Å². The van der Waals surface area contributed by atoms with Crippen LogP contribution in [0.1, 0.15) is 21.5 Å². The lowest BCUT2D eigenvalue weighted by Gasteiger charge is -2.06. The Morgan fingerprint density at radius 3 is 2.38 bits per heavy atom. The topological polar surface area (TPSA) is 70.9 Å². The van der Waals surface area contributed by atoms with Crippen LogP contribution >= 0.6 is 0 Å². The van der Waals surface area contributed by atoms with E-state index >= 15 is 0 Å². The van der Waals surface area contributed by atoms with Crippen molar-refractivity contribution in [3.63, 3.8) is 0 Å². The van der Waals surface area contributed by atoms with Crippen LogP contribution in [0, 0.1) is 11.8 Å². The van der Waals surface area contributed by atoms with Gasteiger partial charge in [-0.05, 0) is 24.1 Å². The highest BCUT2D eigenvalue weighted by atomic mass is 16.3. The fourth-order valence-corrected chi connectivity index (χ4v) is 1.89. The summed E-state index contributed by atoms with van der Waals surface area (Å²) in [6.45, 7) is 1.75. The number of aryl methyl sites for hydroxylation is 1. The van der Waals surface area contributed by atoms with E-state index in [0.717, 1.165) is 11.1 Å². The summed E-state index contributed by atoms with van der Waals surface area (Å²) in [5.74, 6) is -0.313. The normalized spacial score (nSPS) is 11.0. The van der Waals surface area contributed by atoms with E-state index in [1.165, 1.54) is 0 Å². The van der Waals surface area contributed by atoms with Crippen molar-refractivity contribution >= 4 is 11.6 Å². The minimum absolute atomic E-state index is 0.0991. The molecule has 0 spiro atoms. The zero-order valence-corrected chi connectivity index (χ0v) is 11.6. The quantitative estimate of drug-likeness (QED) is 0.520. The predicted octanol–water partition coefficient (Wildman–Crippen LogP) is 2.90. The molecular formula is C16H15N3O2. The molecule has 2 rings (SSSR count). The van der Waals surface area contributed by atoms with E-state index in [9.17, 15) is 9.70 Å². The third-order valence-corrected chi connectivity index (χ3v) is 3.00. The first-order valence-electron chi connectivity index (χ1n) is 6.49. The van der Waals surface area contributed by atoms with E-state index in [2.05, 4.69) is 15.7 Å². The van der Waals surface area contributed by atoms with Gasteiger partial charge in [-0.15, -0.1) is 0 Å². The standard InChI is InChI=1S/C16H15N3O2/c1-12-7-5-6-10-14(12)16(20)19-18-15(11-17-21)13-8-3-2-4-9-13/h2-10H,11H2,1H3,(H,19,20). The highest BCUT2D eigenvalue weighted by Gasteiger charge is 2.09. The molecule has 0 aliphatic carbocycles. The number of rotatable bonds is 5. The van der Waals surface area contributed by atoms with Crippen LogP contribution in [-0.4, -0.2) is 18.2 Å². The molecular weight excluding hydrogens is 266 g/mol. The van der Waals surface area contributed by atoms with Crippen molar-refractivity contribution in [3.8, 4) is 0 Å². The number of amides is 1. The molecule has 21 heavy (non-hydrogen) atoms. The molecule has 0 aliphatic heterocycles. The molecule has 0 aliphatic rings. The van der Waals surface area contributed by atoms with E-state index in [1.807, 2.05) is 49.4 Å². The number of hydrogen-bond donors (Lipinski definition) is 1. The smallest absolute Gasteiger partial charge is 0.267 e. The Morgan fingerprint density at radius 1 is 1.05 bits per heavy atom. The molecule has 1 N–H and O–H groups in total. The Labute approximate surface area is 122 Å². The van der Waals surface area contributed by atoms with Gasteiger partial charge in [0.2, 0.25) is 0 Å². The van der Waals surface area contributed by atoms with Gasteiger partial charge in [0.15, 0.2) is 0 Å². The van der Waals surface area contributed by atoms with Crippen LogP contribution in [0.4, 0.5) is 0 Å². The Morgan fingerprint density at radius 2 is 1.71 bits per heavy atom. The van der Waals surface area contributed by atoms with Gasteiger partial charge in [-0.1, -0.05) is 53.7 Å². The second-order valence-corrected chi connectivity index (χ2v) is 4.47. The number of benzene rings is 2. The third-order valence-electron chi connectivity index (χ3n) is 3.00. The van der Waals surface area contributed by atoms with Gasteiger partial charge < -0.3 is 0 Å². The Balaban J connectivity index is 2.19. The van der Waals surface area contributed by atoms with Crippen LogP contribution in [0.15, 0.2) is 64.9 Å². The fourth-order valence-electron chi connectivity index (χ4n) is 1.89. The lowest BCUT2D eigenvalue weighted by molar-refractivity contribution is 0.0954. The Kier molecular flexibility index (Phi) is 4.93. The van der Waals surface area contributed by atoms with Crippen molar-refractivity contribution in [1.82, 2.24) is 5.43 Å². The fraction of sp³-hybridized carbons (Fsp3) is 0.125. The summed E-state index contributed by atoms with van der Waals surface area (Å²) in [6.07, 6.45) is 0. The summed E-state index contributed by atoms with van der Waals surface area (Å²) in [6, 6.07) is 16.4. The highest BCUT2D eigenvalue weighted by Crippen LogP contribution is 2.07. The second kappa shape index (κ2) is 7.09. The monoisotopic (exact) mass is 281 g/mol. The number of carbonyl (C=O) groups is 1. The van der Waals surface area contributed by atoms with Gasteiger partial charge in [0, 0.05) is 5.56 Å². The molecule has 1 amide bonds. The van der Waals surface area contributed by atoms with Crippen molar-refractivity contribution in [3.05, 3.63) is 76.2 Å². The van der Waals surface area contributed by atoms with Gasteiger partial charge in [-0.25, -0.2) is 5.43 Å². The van der Waals surface area contributed by atoms with Crippen LogP contribution in [0.2, 0.25) is 0 Å². The molecule has 0 saturated carbocycles. The van der Waals surface area contributed by atoms with Crippen LogP contribution in [0.3, 0.4) is 0 Å². The maximum Gasteiger partial charge on any atom is 0.271 e. The minimum Gasteiger partial charge on any atom is -0.267 e. The summed E-state index contributed by atoms with van der Waals surface area (Å²) in [4.78, 5) is 22.6. The van der Waals surface area contributed by atoms with Gasteiger partial charge in [-0.3, -0.25) is 4.79 Å². The summed E-state index contributed by atoms with van der Waals surface area (Å²) in [7, 11) is 0. The molecule has 0 atom stereocenters. The number of nitrogens with zero attached hydrogens (tertiary/aromatic N) is 2. The van der Waals surface area contributed by atoms with Gasteiger partial charge in [0.05, 0.1) is 5.71 Å². The second-order valence-electron chi connectivity index (χ2n) is 4.47. The summed E-state index contributed by atoms with van der Waals surface area (Å²) in [5.41, 5.74) is 5.06. The molecule has 0 saturated heterocycles. The molecule has 5 heteroatoms. The van der Waals surface area contributed by atoms with Crippen LogP contribution in [-0.2, 0) is 0 Å². The van der Waals surface area contributed by atoms with E-state index in [4.69, 9.17) is 0 Å². The lowest BCUT2D eigenvalue weighted by Crippen LogP contribution is -2.22. The summed E-state index contributed by atoms with van der Waals surface area (Å²) >= 11 is 0. The summed E-state index contributed by atoms with van der Waals surface area (Å²) in [5, 5.41) is 6.87. The van der Waals surface area contributed by atoms with Gasteiger partial charge in [-0.2, -0.15) is 10.0 Å². The van der Waals surface area contributed by atoms with Crippen molar-refractivity contribution in [1.29, 1.82) is 0 Å². The minimum atomic E-state index is -0.313. The zero-order chi connectivity index (χ0) is 15.1. The van der Waals surface area contributed by atoms with Crippen molar-refractivity contribution in [2.75, 3.05) is 6.54 Å². The average molecular weight is 281 g/mol. The first-order valence-corrected chi connectivity index (χ1v) is 6.49. The average Bonchev–Trinajstić information content (AvgIpc) is 2.52. The first kappa shape index (κ1) is 14.6. The molecule has 2 aromatic carbocycles. The largest absolute Gasteiger partial charge is 0.271 e. The first-order chi connectivity index (χ1) is 10.2. The van der Waals surface area contributed by atoms with Crippen molar-refractivity contribution in [2.24, 2.45) is 10.3 Å². The maximum absolute atomic E-state index is 12.1. The van der Waals surface area contributed by atoms with Crippen molar-refractivity contribution in [2.45, 2.75) is 6.92 Å². The molecule has 5 nitrogen and oxygen atoms in total. The molecule has 0 bridgehead atoms. The number of hydrazone groups is 1. The zero-order valence-electron chi connectivity index (χ0n) is 11.6. The Hall–Kier alpha value is -2.82. The number of nitrogens with one attached hydrogen (secondary N) is 1. The van der Waals surface area contributed by atoms with Gasteiger partial charge in [0.25, 0.3) is 5.91 Å². The molecule has 106 valence electrons. The molecule has 2 aromatic rings. The molecule has 0 radical (unpaired) electrons.